The van der Waals surface area contributed by atoms with Gasteiger partial charge < -0.3 is 9.73 Å². The van der Waals surface area contributed by atoms with Gasteiger partial charge in [-0.25, -0.2) is 13.2 Å². The molecule has 1 aliphatic rings. The zero-order valence-corrected chi connectivity index (χ0v) is 21.2. The Morgan fingerprint density at radius 3 is 2.55 bits per heavy atom. The minimum absolute atomic E-state index is 0.173. The van der Waals surface area contributed by atoms with E-state index in [4.69, 9.17) is 4.42 Å². The van der Waals surface area contributed by atoms with Gasteiger partial charge in [-0.1, -0.05) is 0 Å². The van der Waals surface area contributed by atoms with Gasteiger partial charge in [0.2, 0.25) is 5.91 Å². The third kappa shape index (κ3) is 4.65. The van der Waals surface area contributed by atoms with Crippen LogP contribution in [0, 0.1) is 12.8 Å². The second kappa shape index (κ2) is 8.78. The van der Waals surface area contributed by atoms with Crippen LogP contribution in [0.5, 0.6) is 0 Å². The van der Waals surface area contributed by atoms with E-state index in [1.807, 2.05) is 6.92 Å². The number of carbonyl (C=O) groups excluding carboxylic acids is 1. The van der Waals surface area contributed by atoms with E-state index in [0.29, 0.717) is 28.6 Å². The zero-order valence-electron chi connectivity index (χ0n) is 16.4. The Bertz CT molecular complexity index is 1310. The molecule has 4 rings (SSSR count). The number of thiophene rings is 1. The van der Waals surface area contributed by atoms with Gasteiger partial charge in [-0.05, 0) is 75.4 Å². The smallest absolute Gasteiger partial charge is 0.336 e. The summed E-state index contributed by atoms with van der Waals surface area (Å²) < 4.78 is 34.1. The normalized spacial score (nSPS) is 16.0. The summed E-state index contributed by atoms with van der Waals surface area (Å²) in [5.74, 6) is -0.471. The first kappa shape index (κ1) is 22.7. The molecule has 0 spiro atoms. The molecule has 1 N–H and O–H groups in total. The fourth-order valence-electron chi connectivity index (χ4n) is 3.59. The molecular weight excluding hydrogens is 572 g/mol. The van der Waals surface area contributed by atoms with E-state index in [1.165, 1.54) is 10.4 Å². The van der Waals surface area contributed by atoms with Gasteiger partial charge >= 0.3 is 5.63 Å². The summed E-state index contributed by atoms with van der Waals surface area (Å²) in [4.78, 5) is 24.3. The molecule has 11 heteroatoms. The molecule has 164 valence electrons. The number of halogens is 2. The van der Waals surface area contributed by atoms with Gasteiger partial charge in [0.25, 0.3) is 10.0 Å². The first-order valence-electron chi connectivity index (χ1n) is 9.45. The van der Waals surface area contributed by atoms with Gasteiger partial charge in [0.15, 0.2) is 0 Å². The van der Waals surface area contributed by atoms with Crippen LogP contribution in [-0.4, -0.2) is 31.7 Å². The quantitative estimate of drug-likeness (QED) is 0.444. The lowest BCUT2D eigenvalue weighted by atomic mass is 9.97. The highest BCUT2D eigenvalue weighted by Gasteiger charge is 2.33. The van der Waals surface area contributed by atoms with Crippen molar-refractivity contribution in [2.24, 2.45) is 5.92 Å². The largest absolute Gasteiger partial charge is 0.423 e. The minimum Gasteiger partial charge on any atom is -0.423 e. The number of carbonyl (C=O) groups is 1. The van der Waals surface area contributed by atoms with E-state index in [2.05, 4.69) is 37.2 Å². The predicted octanol–water partition coefficient (Wildman–Crippen LogP) is 4.73. The Balaban J connectivity index is 1.42. The molecule has 1 saturated heterocycles. The Morgan fingerprint density at radius 2 is 1.90 bits per heavy atom. The summed E-state index contributed by atoms with van der Waals surface area (Å²) in [6.45, 7) is 2.38. The van der Waals surface area contributed by atoms with Crippen LogP contribution in [-0.2, 0) is 14.8 Å². The maximum absolute atomic E-state index is 12.9. The average Bonchev–Trinajstić information content (AvgIpc) is 3.07. The van der Waals surface area contributed by atoms with E-state index >= 15 is 0 Å². The highest BCUT2D eigenvalue weighted by molar-refractivity contribution is 9.13. The number of fused-ring (bicyclic) bond motifs is 1. The number of sulfonamides is 1. The van der Waals surface area contributed by atoms with Crippen LogP contribution in [0.2, 0.25) is 0 Å². The maximum Gasteiger partial charge on any atom is 0.336 e. The van der Waals surface area contributed by atoms with Crippen molar-refractivity contribution in [2.75, 3.05) is 18.4 Å². The second-order valence-electron chi connectivity index (χ2n) is 7.31. The van der Waals surface area contributed by atoms with Crippen LogP contribution < -0.4 is 10.9 Å². The summed E-state index contributed by atoms with van der Waals surface area (Å²) in [5.41, 5.74) is 1.32. The first-order valence-corrected chi connectivity index (χ1v) is 13.3. The fourth-order valence-corrected chi connectivity index (χ4v) is 8.03. The topological polar surface area (TPSA) is 96.7 Å². The summed E-state index contributed by atoms with van der Waals surface area (Å²) in [6, 6.07) is 8.21. The molecule has 0 saturated carbocycles. The zero-order chi connectivity index (χ0) is 22.3. The van der Waals surface area contributed by atoms with E-state index in [9.17, 15) is 18.0 Å². The van der Waals surface area contributed by atoms with Crippen molar-refractivity contribution in [1.82, 2.24) is 4.31 Å². The number of anilines is 1. The van der Waals surface area contributed by atoms with Crippen molar-refractivity contribution in [3.63, 3.8) is 0 Å². The number of hydrogen-bond acceptors (Lipinski definition) is 6. The van der Waals surface area contributed by atoms with Crippen molar-refractivity contribution in [1.29, 1.82) is 0 Å². The predicted molar refractivity (Wildman–Crippen MR) is 127 cm³/mol. The third-order valence-electron chi connectivity index (χ3n) is 5.26. The molecule has 2 aromatic heterocycles. The number of piperidine rings is 1. The molecule has 3 heterocycles. The Labute approximate surface area is 199 Å². The molecule has 0 radical (unpaired) electrons. The minimum atomic E-state index is -3.59. The molecule has 1 aliphatic heterocycles. The van der Waals surface area contributed by atoms with Crippen molar-refractivity contribution >= 4 is 75.8 Å². The number of amides is 1. The van der Waals surface area contributed by atoms with Crippen molar-refractivity contribution in [2.45, 2.75) is 24.0 Å². The lowest BCUT2D eigenvalue weighted by Gasteiger charge is -2.30. The molecule has 0 bridgehead atoms. The van der Waals surface area contributed by atoms with Gasteiger partial charge in [0.1, 0.15) is 9.79 Å². The number of hydrogen-bond donors (Lipinski definition) is 1. The molecule has 31 heavy (non-hydrogen) atoms. The highest BCUT2D eigenvalue weighted by atomic mass is 79.9. The lowest BCUT2D eigenvalue weighted by molar-refractivity contribution is -0.120. The molecular formula is C20H18Br2N2O5S2. The number of benzene rings is 1. The lowest BCUT2D eigenvalue weighted by Crippen LogP contribution is -2.41. The van der Waals surface area contributed by atoms with Crippen molar-refractivity contribution in [3.8, 4) is 0 Å². The monoisotopic (exact) mass is 588 g/mol. The van der Waals surface area contributed by atoms with Crippen LogP contribution >= 0.6 is 43.2 Å². The van der Waals surface area contributed by atoms with Crippen LogP contribution in [0.3, 0.4) is 0 Å². The van der Waals surface area contributed by atoms with Gasteiger partial charge in [-0.15, -0.1) is 11.3 Å². The molecule has 7 nitrogen and oxygen atoms in total. The molecule has 0 aliphatic carbocycles. The Morgan fingerprint density at radius 1 is 1.19 bits per heavy atom. The number of aryl methyl sites for hydroxylation is 1. The van der Waals surface area contributed by atoms with Crippen LogP contribution in [0.1, 0.15) is 18.4 Å². The fraction of sp³-hybridized carbons (Fsp3) is 0.300. The Kier molecular flexibility index (Phi) is 6.42. The summed E-state index contributed by atoms with van der Waals surface area (Å²) in [6.07, 6.45) is 0.862. The summed E-state index contributed by atoms with van der Waals surface area (Å²) >= 11 is 7.80. The molecule has 1 amide bonds. The molecule has 0 atom stereocenters. The maximum atomic E-state index is 12.9. The van der Waals surface area contributed by atoms with Crippen LogP contribution in [0.15, 0.2) is 52.0 Å². The van der Waals surface area contributed by atoms with Crippen LogP contribution in [0.25, 0.3) is 11.0 Å². The van der Waals surface area contributed by atoms with Crippen molar-refractivity contribution < 1.29 is 17.6 Å². The molecule has 1 aromatic carbocycles. The van der Waals surface area contributed by atoms with Gasteiger partial charge in [-0.2, -0.15) is 4.31 Å². The van der Waals surface area contributed by atoms with E-state index in [0.717, 1.165) is 26.1 Å². The SMILES string of the molecule is Cc1cc(=O)oc2cc(NC(=O)C3CCN(S(=O)(=O)c4cc(Br)c(Br)s4)CC3)ccc12. The second-order valence-corrected chi connectivity index (χ2v) is 12.7. The Hall–Kier alpha value is -1.53. The number of nitrogens with one attached hydrogen (secondary N) is 1. The van der Waals surface area contributed by atoms with Gasteiger partial charge in [0.05, 0.1) is 3.79 Å². The van der Waals surface area contributed by atoms with E-state index < -0.39 is 15.6 Å². The van der Waals surface area contributed by atoms with E-state index in [1.54, 1.807) is 24.3 Å². The molecule has 3 aromatic rings. The highest BCUT2D eigenvalue weighted by Crippen LogP contribution is 2.37. The summed E-state index contributed by atoms with van der Waals surface area (Å²) in [7, 11) is -3.59. The standard InChI is InChI=1S/C20H18Br2N2O5S2/c1-11-8-17(25)29-16-9-13(2-3-14(11)16)23-20(26)12-4-6-24(7-5-12)31(27,28)18-10-15(21)19(22)30-18/h2-3,8-10,12H,4-7H2,1H3,(H,23,26). The first-order chi connectivity index (χ1) is 14.6. The third-order valence-corrected chi connectivity index (χ3v) is 10.9. The number of rotatable bonds is 4. The molecule has 0 unspecified atom stereocenters. The van der Waals surface area contributed by atoms with Crippen molar-refractivity contribution in [3.05, 3.63) is 54.6 Å². The van der Waals surface area contributed by atoms with E-state index in [-0.39, 0.29) is 29.1 Å². The van der Waals surface area contributed by atoms with Crippen LogP contribution in [0.4, 0.5) is 5.69 Å². The number of nitrogens with zero attached hydrogens (tertiary/aromatic N) is 1. The average molecular weight is 590 g/mol. The molecule has 1 fully saturated rings. The summed E-state index contributed by atoms with van der Waals surface area (Å²) in [5, 5.41) is 3.67. The van der Waals surface area contributed by atoms with Gasteiger partial charge in [-0.3, -0.25) is 4.79 Å². The van der Waals surface area contributed by atoms with Gasteiger partial charge in [0, 0.05) is 46.7 Å².